The summed E-state index contributed by atoms with van der Waals surface area (Å²) in [5.41, 5.74) is 2.57. The fraction of sp³-hybridized carbons (Fsp3) is 0.647. The van der Waals surface area contributed by atoms with E-state index in [2.05, 4.69) is 4.18 Å². The zero-order chi connectivity index (χ0) is 15.3. The zero-order valence-corrected chi connectivity index (χ0v) is 13.4. The summed E-state index contributed by atoms with van der Waals surface area (Å²) in [4.78, 5) is 0. The van der Waals surface area contributed by atoms with Gasteiger partial charge in [-0.3, -0.25) is 4.55 Å². The lowest BCUT2D eigenvalue weighted by Crippen LogP contribution is -2.34. The second kappa shape index (κ2) is 5.24. The summed E-state index contributed by atoms with van der Waals surface area (Å²) in [6.07, 6.45) is 9.00. The first-order valence-electron chi connectivity index (χ1n) is 8.31. The SMILES string of the molecule is O=S(=O)(O)Oc1ccc2c(c1)CCC1C2CCC2CCCC21. The molecule has 120 valence electrons. The highest BCUT2D eigenvalue weighted by molar-refractivity contribution is 7.81. The number of hydrogen-bond donors (Lipinski definition) is 1. The molecule has 1 aromatic rings. The molecule has 2 saturated carbocycles. The summed E-state index contributed by atoms with van der Waals surface area (Å²) in [7, 11) is -4.44. The lowest BCUT2D eigenvalue weighted by atomic mass is 9.61. The molecule has 4 nitrogen and oxygen atoms in total. The molecule has 3 aliphatic carbocycles. The van der Waals surface area contributed by atoms with Crippen molar-refractivity contribution < 1.29 is 17.2 Å². The van der Waals surface area contributed by atoms with Gasteiger partial charge in [0.15, 0.2) is 0 Å². The third kappa shape index (κ3) is 2.54. The van der Waals surface area contributed by atoms with Crippen molar-refractivity contribution in [3.63, 3.8) is 0 Å². The van der Waals surface area contributed by atoms with E-state index in [1.807, 2.05) is 6.07 Å². The van der Waals surface area contributed by atoms with Gasteiger partial charge in [-0.25, -0.2) is 0 Å². The summed E-state index contributed by atoms with van der Waals surface area (Å²) in [5.74, 6) is 3.50. The molecule has 5 heteroatoms. The van der Waals surface area contributed by atoms with Crippen LogP contribution in [0.2, 0.25) is 0 Å². The summed E-state index contributed by atoms with van der Waals surface area (Å²) in [6, 6.07) is 5.48. The van der Waals surface area contributed by atoms with Gasteiger partial charge >= 0.3 is 10.4 Å². The fourth-order valence-electron chi connectivity index (χ4n) is 5.35. The van der Waals surface area contributed by atoms with Gasteiger partial charge in [0.05, 0.1) is 0 Å². The Morgan fingerprint density at radius 3 is 2.73 bits per heavy atom. The van der Waals surface area contributed by atoms with Crippen LogP contribution in [0, 0.1) is 17.8 Å². The van der Waals surface area contributed by atoms with Crippen LogP contribution >= 0.6 is 0 Å². The highest BCUT2D eigenvalue weighted by Gasteiger charge is 2.43. The predicted molar refractivity (Wildman–Crippen MR) is 83.2 cm³/mol. The number of hydrogen-bond acceptors (Lipinski definition) is 3. The summed E-state index contributed by atoms with van der Waals surface area (Å²) >= 11 is 0. The van der Waals surface area contributed by atoms with E-state index >= 15 is 0 Å². The quantitative estimate of drug-likeness (QED) is 0.843. The van der Waals surface area contributed by atoms with Gasteiger partial charge in [-0.1, -0.05) is 18.9 Å². The maximum atomic E-state index is 10.9. The van der Waals surface area contributed by atoms with Gasteiger partial charge in [-0.15, -0.1) is 0 Å². The van der Waals surface area contributed by atoms with Gasteiger partial charge in [-0.2, -0.15) is 8.42 Å². The van der Waals surface area contributed by atoms with E-state index in [1.54, 1.807) is 12.1 Å². The third-order valence-electron chi connectivity index (χ3n) is 6.10. The maximum Gasteiger partial charge on any atom is 0.446 e. The average Bonchev–Trinajstić information content (AvgIpc) is 2.93. The van der Waals surface area contributed by atoms with E-state index in [1.165, 1.54) is 49.7 Å². The molecule has 2 fully saturated rings. The van der Waals surface area contributed by atoms with Gasteiger partial charge in [0.1, 0.15) is 5.75 Å². The number of aryl methyl sites for hydroxylation is 1. The van der Waals surface area contributed by atoms with Crippen LogP contribution in [0.15, 0.2) is 18.2 Å². The molecular formula is C17H22O4S. The lowest BCUT2D eigenvalue weighted by molar-refractivity contribution is 0.137. The normalized spacial score (nSPS) is 33.7. The van der Waals surface area contributed by atoms with Crippen molar-refractivity contribution in [2.75, 3.05) is 0 Å². The Kier molecular flexibility index (Phi) is 3.46. The summed E-state index contributed by atoms with van der Waals surface area (Å²) in [5, 5.41) is 0. The molecule has 22 heavy (non-hydrogen) atoms. The first kappa shape index (κ1) is 14.5. The minimum Gasteiger partial charge on any atom is -0.362 e. The van der Waals surface area contributed by atoms with E-state index in [9.17, 15) is 8.42 Å². The Hall–Kier alpha value is -1.07. The standard InChI is InChI=1S/C17H22O4S/c18-22(19,20)21-13-6-9-15-12(10-13)5-8-16-14-3-1-2-11(14)4-7-17(15)16/h6,9-11,14,16-17H,1-5,7-8H2,(H,18,19,20). The smallest absolute Gasteiger partial charge is 0.362 e. The Balaban J connectivity index is 1.63. The van der Waals surface area contributed by atoms with E-state index in [4.69, 9.17) is 4.55 Å². The van der Waals surface area contributed by atoms with E-state index in [-0.39, 0.29) is 5.75 Å². The van der Waals surface area contributed by atoms with Crippen LogP contribution in [0.5, 0.6) is 5.75 Å². The molecule has 1 N–H and O–H groups in total. The molecule has 0 amide bonds. The first-order chi connectivity index (χ1) is 10.5. The van der Waals surface area contributed by atoms with E-state index < -0.39 is 10.4 Å². The summed E-state index contributed by atoms with van der Waals surface area (Å²) in [6.45, 7) is 0. The van der Waals surface area contributed by atoms with Crippen LogP contribution in [0.25, 0.3) is 0 Å². The molecule has 0 radical (unpaired) electrons. The Bertz CT molecular complexity index is 682. The molecule has 3 aliphatic rings. The lowest BCUT2D eigenvalue weighted by Gasteiger charge is -2.44. The van der Waals surface area contributed by atoms with Crippen LogP contribution in [-0.4, -0.2) is 13.0 Å². The molecule has 4 rings (SSSR count). The molecule has 4 atom stereocenters. The van der Waals surface area contributed by atoms with Gasteiger partial charge in [0, 0.05) is 0 Å². The number of rotatable bonds is 2. The van der Waals surface area contributed by atoms with Gasteiger partial charge in [0.2, 0.25) is 0 Å². The monoisotopic (exact) mass is 322 g/mol. The molecule has 0 heterocycles. The molecule has 0 aromatic heterocycles. The predicted octanol–water partition coefficient (Wildman–Crippen LogP) is 3.72. The van der Waals surface area contributed by atoms with Crippen LogP contribution in [-0.2, 0) is 16.8 Å². The molecule has 0 saturated heterocycles. The number of fused-ring (bicyclic) bond motifs is 5. The molecule has 0 aliphatic heterocycles. The third-order valence-corrected chi connectivity index (χ3v) is 6.50. The van der Waals surface area contributed by atoms with Crippen molar-refractivity contribution in [2.24, 2.45) is 17.8 Å². The molecular weight excluding hydrogens is 300 g/mol. The Labute approximate surface area is 131 Å². The van der Waals surface area contributed by atoms with Crippen LogP contribution in [0.4, 0.5) is 0 Å². The summed E-state index contributed by atoms with van der Waals surface area (Å²) < 4.78 is 35.1. The highest BCUT2D eigenvalue weighted by Crippen LogP contribution is 2.55. The van der Waals surface area contributed by atoms with Gasteiger partial charge in [-0.05, 0) is 79.0 Å². The minimum absolute atomic E-state index is 0.217. The van der Waals surface area contributed by atoms with E-state index in [0.717, 1.165) is 24.2 Å². The average molecular weight is 322 g/mol. The number of benzene rings is 1. The van der Waals surface area contributed by atoms with Crippen LogP contribution in [0.1, 0.15) is 55.6 Å². The second-order valence-electron chi connectivity index (χ2n) is 7.11. The minimum atomic E-state index is -4.44. The van der Waals surface area contributed by atoms with Crippen molar-refractivity contribution in [2.45, 2.75) is 50.9 Å². The molecule has 0 bridgehead atoms. The van der Waals surface area contributed by atoms with Crippen molar-refractivity contribution in [3.05, 3.63) is 29.3 Å². The van der Waals surface area contributed by atoms with E-state index in [0.29, 0.717) is 5.92 Å². The largest absolute Gasteiger partial charge is 0.446 e. The van der Waals surface area contributed by atoms with Crippen LogP contribution < -0.4 is 4.18 Å². The van der Waals surface area contributed by atoms with Crippen molar-refractivity contribution in [1.29, 1.82) is 0 Å². The van der Waals surface area contributed by atoms with Crippen molar-refractivity contribution in [1.82, 2.24) is 0 Å². The first-order valence-corrected chi connectivity index (χ1v) is 9.67. The van der Waals surface area contributed by atoms with Gasteiger partial charge in [0.25, 0.3) is 0 Å². The molecule has 1 aromatic carbocycles. The topological polar surface area (TPSA) is 63.6 Å². The molecule has 4 unspecified atom stereocenters. The fourth-order valence-corrected chi connectivity index (χ4v) is 5.70. The zero-order valence-electron chi connectivity index (χ0n) is 12.6. The van der Waals surface area contributed by atoms with Crippen molar-refractivity contribution >= 4 is 10.4 Å². The highest BCUT2D eigenvalue weighted by atomic mass is 32.3. The Morgan fingerprint density at radius 1 is 1.05 bits per heavy atom. The van der Waals surface area contributed by atoms with Gasteiger partial charge < -0.3 is 4.18 Å². The van der Waals surface area contributed by atoms with Crippen LogP contribution in [0.3, 0.4) is 0 Å². The molecule has 0 spiro atoms. The Morgan fingerprint density at radius 2 is 1.91 bits per heavy atom. The van der Waals surface area contributed by atoms with Crippen molar-refractivity contribution in [3.8, 4) is 5.75 Å². The maximum absolute atomic E-state index is 10.9. The second-order valence-corrected chi connectivity index (χ2v) is 8.14.